The maximum absolute atomic E-state index is 12.3. The molecule has 3 aromatic rings. The Hall–Kier alpha value is -3.20. The summed E-state index contributed by atoms with van der Waals surface area (Å²) in [6, 6.07) is 10.7. The van der Waals surface area contributed by atoms with E-state index in [4.69, 9.17) is 14.3 Å². The van der Waals surface area contributed by atoms with Gasteiger partial charge in [-0.15, -0.1) is 4.91 Å². The molecule has 24 heavy (non-hydrogen) atoms. The van der Waals surface area contributed by atoms with Gasteiger partial charge >= 0.3 is 15.7 Å². The molecule has 1 heterocycles. The summed E-state index contributed by atoms with van der Waals surface area (Å²) < 4.78 is 34.7. The largest absolute Gasteiger partial charge is 0.417 e. The predicted molar refractivity (Wildman–Crippen MR) is 86.6 cm³/mol. The first-order valence-electron chi connectivity index (χ1n) is 6.61. The molecule has 0 radical (unpaired) electrons. The Kier molecular flexibility index (Phi) is 3.78. The lowest BCUT2D eigenvalue weighted by atomic mass is 10.2. The van der Waals surface area contributed by atoms with Crippen molar-refractivity contribution in [1.82, 2.24) is 0 Å². The maximum Gasteiger partial charge on any atom is 0.359 e. The van der Waals surface area contributed by atoms with Gasteiger partial charge in [-0.2, -0.15) is 8.42 Å². The minimum atomic E-state index is -4.19. The molecule has 0 saturated heterocycles. The van der Waals surface area contributed by atoms with E-state index >= 15 is 0 Å². The molecule has 3 rings (SSSR count). The van der Waals surface area contributed by atoms with Crippen LogP contribution in [0.1, 0.15) is 0 Å². The van der Waals surface area contributed by atoms with Crippen LogP contribution in [0.25, 0.3) is 11.0 Å². The first kappa shape index (κ1) is 15.7. The number of nitrogens with two attached hydrogens (primary N) is 1. The smallest absolute Gasteiger partial charge is 0.359 e. The zero-order valence-electron chi connectivity index (χ0n) is 12.0. The zero-order valence-corrected chi connectivity index (χ0v) is 12.8. The third-order valence-electron chi connectivity index (χ3n) is 3.18. The zero-order chi connectivity index (χ0) is 17.3. The van der Waals surface area contributed by atoms with Gasteiger partial charge in [-0.1, -0.05) is 12.1 Å². The van der Waals surface area contributed by atoms with Crippen molar-refractivity contribution >= 4 is 32.5 Å². The van der Waals surface area contributed by atoms with Gasteiger partial charge in [0.15, 0.2) is 11.3 Å². The van der Waals surface area contributed by atoms with Crippen LogP contribution in [0.2, 0.25) is 0 Å². The van der Waals surface area contributed by atoms with Gasteiger partial charge in [-0.3, -0.25) is 0 Å². The highest BCUT2D eigenvalue weighted by Gasteiger charge is 2.19. The Morgan fingerprint density at radius 2 is 1.79 bits per heavy atom. The van der Waals surface area contributed by atoms with E-state index in [1.165, 1.54) is 42.5 Å². The molecule has 2 N–H and O–H groups in total. The molecule has 0 aliphatic heterocycles. The van der Waals surface area contributed by atoms with E-state index in [1.807, 2.05) is 0 Å². The summed E-state index contributed by atoms with van der Waals surface area (Å²) in [5, 5.41) is 3.11. The first-order chi connectivity index (χ1) is 11.4. The van der Waals surface area contributed by atoms with E-state index in [9.17, 15) is 18.1 Å². The second-order valence-corrected chi connectivity index (χ2v) is 6.33. The van der Waals surface area contributed by atoms with Crippen molar-refractivity contribution in [2.24, 2.45) is 5.18 Å². The number of anilines is 1. The lowest BCUT2D eigenvalue weighted by molar-refractivity contribution is 0.475. The van der Waals surface area contributed by atoms with Gasteiger partial charge in [0.1, 0.15) is 16.3 Å². The van der Waals surface area contributed by atoms with Crippen molar-refractivity contribution in [3.63, 3.8) is 0 Å². The molecule has 2 aromatic carbocycles. The van der Waals surface area contributed by atoms with E-state index in [2.05, 4.69) is 5.18 Å². The van der Waals surface area contributed by atoms with Crippen LogP contribution in [0, 0.1) is 4.91 Å². The highest BCUT2D eigenvalue weighted by atomic mass is 32.2. The first-order valence-corrected chi connectivity index (χ1v) is 8.02. The molecule has 0 aliphatic rings. The van der Waals surface area contributed by atoms with Crippen molar-refractivity contribution in [2.75, 3.05) is 5.73 Å². The molecule has 0 bridgehead atoms. The molecule has 0 fully saturated rings. The van der Waals surface area contributed by atoms with Gasteiger partial charge in [-0.05, 0) is 41.6 Å². The van der Waals surface area contributed by atoms with Crippen molar-refractivity contribution in [2.45, 2.75) is 4.90 Å². The average Bonchev–Trinajstić information content (AvgIpc) is 2.56. The van der Waals surface area contributed by atoms with E-state index in [1.54, 1.807) is 6.07 Å². The fraction of sp³-hybridized carbons (Fsp3) is 0. The summed E-state index contributed by atoms with van der Waals surface area (Å²) in [4.78, 5) is 21.8. The van der Waals surface area contributed by atoms with E-state index in [0.29, 0.717) is 5.39 Å². The number of para-hydroxylation sites is 1. The molecule has 0 saturated carbocycles. The monoisotopic (exact) mass is 346 g/mol. The van der Waals surface area contributed by atoms with Crippen LogP contribution in [0.4, 0.5) is 11.4 Å². The van der Waals surface area contributed by atoms with Crippen LogP contribution in [0.5, 0.6) is 5.75 Å². The lowest BCUT2D eigenvalue weighted by Crippen LogP contribution is -2.11. The minimum absolute atomic E-state index is 0.0357. The molecule has 8 nitrogen and oxygen atoms in total. The Labute approximate surface area is 135 Å². The number of nitrogens with zero attached hydrogens (tertiary/aromatic N) is 1. The average molecular weight is 346 g/mol. The van der Waals surface area contributed by atoms with Crippen molar-refractivity contribution in [1.29, 1.82) is 0 Å². The van der Waals surface area contributed by atoms with E-state index < -0.39 is 15.7 Å². The van der Waals surface area contributed by atoms with Crippen molar-refractivity contribution in [3.8, 4) is 5.75 Å². The molecule has 1 aromatic heterocycles. The third kappa shape index (κ3) is 2.84. The van der Waals surface area contributed by atoms with Gasteiger partial charge in [0.2, 0.25) is 0 Å². The number of fused-ring (bicyclic) bond motifs is 1. The molecule has 0 aliphatic carbocycles. The third-order valence-corrected chi connectivity index (χ3v) is 4.43. The van der Waals surface area contributed by atoms with Gasteiger partial charge < -0.3 is 14.3 Å². The second kappa shape index (κ2) is 5.78. The summed E-state index contributed by atoms with van der Waals surface area (Å²) in [5.41, 5.74) is 4.64. The van der Waals surface area contributed by atoms with Gasteiger partial charge in [0.05, 0.1) is 0 Å². The highest BCUT2D eigenvalue weighted by molar-refractivity contribution is 7.87. The normalized spacial score (nSPS) is 11.3. The van der Waals surface area contributed by atoms with Gasteiger partial charge in [0, 0.05) is 5.39 Å². The van der Waals surface area contributed by atoms with Crippen LogP contribution in [-0.2, 0) is 10.1 Å². The van der Waals surface area contributed by atoms with Crippen LogP contribution in [0.3, 0.4) is 0 Å². The number of nitrogen functional groups attached to an aromatic ring is 1. The van der Waals surface area contributed by atoms with Crippen LogP contribution in [0.15, 0.2) is 67.8 Å². The quantitative estimate of drug-likeness (QED) is 0.436. The number of hydrogen-bond acceptors (Lipinski definition) is 8. The van der Waals surface area contributed by atoms with E-state index in [0.717, 1.165) is 0 Å². The maximum atomic E-state index is 12.3. The van der Waals surface area contributed by atoms with Crippen LogP contribution < -0.4 is 15.5 Å². The Morgan fingerprint density at radius 1 is 1.08 bits per heavy atom. The molecular weight excluding hydrogens is 336 g/mol. The topological polar surface area (TPSA) is 129 Å². The van der Waals surface area contributed by atoms with Crippen molar-refractivity contribution < 1.29 is 17.0 Å². The van der Waals surface area contributed by atoms with Crippen molar-refractivity contribution in [3.05, 3.63) is 63.9 Å². The lowest BCUT2D eigenvalue weighted by Gasteiger charge is -2.08. The molecule has 9 heteroatoms. The fourth-order valence-corrected chi connectivity index (χ4v) is 2.97. The summed E-state index contributed by atoms with van der Waals surface area (Å²) in [5.74, 6) is -0.151. The fourth-order valence-electron chi connectivity index (χ4n) is 2.04. The Morgan fingerprint density at radius 3 is 2.46 bits per heavy atom. The minimum Gasteiger partial charge on any atom is -0.417 e. The summed E-state index contributed by atoms with van der Waals surface area (Å²) in [7, 11) is -4.19. The molecule has 0 atom stereocenters. The molecule has 0 spiro atoms. The van der Waals surface area contributed by atoms with Gasteiger partial charge in [-0.25, -0.2) is 4.79 Å². The van der Waals surface area contributed by atoms with Crippen LogP contribution >= 0.6 is 0 Å². The number of nitroso groups, excluding NO2 is 1. The molecular formula is C15H10N2O6S. The summed E-state index contributed by atoms with van der Waals surface area (Å²) in [6.07, 6.45) is 0. The predicted octanol–water partition coefficient (Wildman–Crippen LogP) is 2.54. The molecule has 0 unspecified atom stereocenters. The standard InChI is InChI=1S/C15H10N2O6S/c16-12-8-9-2-1-3-13(14(9)22-15(12)18)23-24(20,21)11-6-4-10(17-19)5-7-11/h1-8H,16H2. The number of hydrogen-bond donors (Lipinski definition) is 1. The molecule has 122 valence electrons. The Bertz CT molecular complexity index is 1090. The number of rotatable bonds is 4. The summed E-state index contributed by atoms with van der Waals surface area (Å²) in [6.45, 7) is 0. The van der Waals surface area contributed by atoms with E-state index in [-0.39, 0.29) is 27.6 Å². The summed E-state index contributed by atoms with van der Waals surface area (Å²) >= 11 is 0. The van der Waals surface area contributed by atoms with Crippen LogP contribution in [-0.4, -0.2) is 8.42 Å². The number of benzene rings is 2. The SMILES string of the molecule is Nc1cc2cccc(OS(=O)(=O)c3ccc(N=O)cc3)c2oc1=O. The second-order valence-electron chi connectivity index (χ2n) is 4.79. The molecule has 0 amide bonds. The van der Waals surface area contributed by atoms with Gasteiger partial charge in [0.25, 0.3) is 0 Å². The highest BCUT2D eigenvalue weighted by Crippen LogP contribution is 2.28. The Balaban J connectivity index is 2.06.